The summed E-state index contributed by atoms with van der Waals surface area (Å²) in [6, 6.07) is 0. The Morgan fingerprint density at radius 2 is 2.06 bits per heavy atom. The summed E-state index contributed by atoms with van der Waals surface area (Å²) in [4.78, 5) is 14.3. The molecule has 2 saturated carbocycles. The van der Waals surface area contributed by atoms with Crippen LogP contribution in [0.25, 0.3) is 0 Å². The topological polar surface area (TPSA) is 32.3 Å². The van der Waals surface area contributed by atoms with Gasteiger partial charge in [0.15, 0.2) is 0 Å². The van der Waals surface area contributed by atoms with Crippen molar-refractivity contribution in [3.8, 4) is 0 Å². The van der Waals surface area contributed by atoms with Crippen molar-refractivity contribution < 1.29 is 4.79 Å². The van der Waals surface area contributed by atoms with Gasteiger partial charge in [0.1, 0.15) is 0 Å². The molecule has 0 aromatic carbocycles. The molecule has 3 fully saturated rings. The van der Waals surface area contributed by atoms with Crippen LogP contribution in [0, 0.1) is 23.7 Å². The van der Waals surface area contributed by atoms with E-state index in [1.807, 2.05) is 0 Å². The zero-order chi connectivity index (χ0) is 11.1. The van der Waals surface area contributed by atoms with Crippen molar-refractivity contribution >= 4 is 5.91 Å². The van der Waals surface area contributed by atoms with Gasteiger partial charge in [-0.05, 0) is 57.0 Å². The molecule has 1 saturated heterocycles. The fraction of sp³-hybridized carbons (Fsp3) is 0.923. The maximum Gasteiger partial charge on any atom is 0.223 e. The van der Waals surface area contributed by atoms with Gasteiger partial charge < -0.3 is 10.2 Å². The maximum absolute atomic E-state index is 11.9. The maximum atomic E-state index is 11.9. The van der Waals surface area contributed by atoms with Crippen LogP contribution in [0.1, 0.15) is 25.7 Å². The summed E-state index contributed by atoms with van der Waals surface area (Å²) in [5.41, 5.74) is 0. The van der Waals surface area contributed by atoms with Crippen molar-refractivity contribution in [1.29, 1.82) is 0 Å². The highest BCUT2D eigenvalue weighted by molar-refractivity contribution is 5.79. The summed E-state index contributed by atoms with van der Waals surface area (Å²) in [7, 11) is 2.16. The standard InChI is InChI=1S/C13H22N2O/c1-15-3-2-9(8-15)7-14-13(16)12-5-10-4-11(10)6-12/h9-12H,2-8H2,1H3,(H,14,16). The fourth-order valence-electron chi connectivity index (χ4n) is 3.51. The Morgan fingerprint density at radius 3 is 2.69 bits per heavy atom. The summed E-state index contributed by atoms with van der Waals surface area (Å²) in [5, 5.41) is 3.16. The molecule has 1 heterocycles. The molecule has 1 aliphatic heterocycles. The lowest BCUT2D eigenvalue weighted by atomic mass is 10.0. The Labute approximate surface area is 97.6 Å². The van der Waals surface area contributed by atoms with E-state index in [9.17, 15) is 4.79 Å². The largest absolute Gasteiger partial charge is 0.356 e. The van der Waals surface area contributed by atoms with Crippen LogP contribution in [-0.4, -0.2) is 37.5 Å². The third-order valence-corrected chi connectivity index (χ3v) is 4.67. The van der Waals surface area contributed by atoms with Crippen LogP contribution in [0.3, 0.4) is 0 Å². The van der Waals surface area contributed by atoms with Crippen LogP contribution in [0.15, 0.2) is 0 Å². The van der Waals surface area contributed by atoms with Gasteiger partial charge in [0.25, 0.3) is 0 Å². The molecule has 0 radical (unpaired) electrons. The molecule has 0 aromatic rings. The van der Waals surface area contributed by atoms with Crippen molar-refractivity contribution in [1.82, 2.24) is 10.2 Å². The van der Waals surface area contributed by atoms with Gasteiger partial charge in [-0.2, -0.15) is 0 Å². The second kappa shape index (κ2) is 4.02. The first-order chi connectivity index (χ1) is 7.72. The van der Waals surface area contributed by atoms with Crippen LogP contribution >= 0.6 is 0 Å². The molecular weight excluding hydrogens is 200 g/mol. The van der Waals surface area contributed by atoms with Crippen LogP contribution in [-0.2, 0) is 4.79 Å². The van der Waals surface area contributed by atoms with E-state index >= 15 is 0 Å². The molecule has 0 spiro atoms. The van der Waals surface area contributed by atoms with Gasteiger partial charge in [0.05, 0.1) is 0 Å². The van der Waals surface area contributed by atoms with Crippen LogP contribution < -0.4 is 5.32 Å². The highest BCUT2D eigenvalue weighted by Gasteiger charge is 2.47. The highest BCUT2D eigenvalue weighted by Crippen LogP contribution is 2.54. The molecule has 3 nitrogen and oxygen atoms in total. The second-order valence-electron chi connectivity index (χ2n) is 6.09. The minimum Gasteiger partial charge on any atom is -0.356 e. The summed E-state index contributed by atoms with van der Waals surface area (Å²) in [6.45, 7) is 3.24. The first-order valence-electron chi connectivity index (χ1n) is 6.68. The monoisotopic (exact) mass is 222 g/mol. The summed E-state index contributed by atoms with van der Waals surface area (Å²) in [5.74, 6) is 3.19. The molecule has 2 aliphatic carbocycles. The smallest absolute Gasteiger partial charge is 0.223 e. The van der Waals surface area contributed by atoms with Crippen molar-refractivity contribution in [2.24, 2.45) is 23.7 Å². The predicted octanol–water partition coefficient (Wildman–Crippen LogP) is 1.10. The van der Waals surface area contributed by atoms with E-state index in [-0.39, 0.29) is 0 Å². The first-order valence-corrected chi connectivity index (χ1v) is 6.68. The number of hydrogen-bond acceptors (Lipinski definition) is 2. The van der Waals surface area contributed by atoms with Gasteiger partial charge in [-0.1, -0.05) is 0 Å². The lowest BCUT2D eigenvalue weighted by molar-refractivity contribution is -0.125. The zero-order valence-electron chi connectivity index (χ0n) is 10.1. The molecule has 90 valence electrons. The predicted molar refractivity (Wildman–Crippen MR) is 62.9 cm³/mol. The summed E-state index contributed by atoms with van der Waals surface area (Å²) in [6.07, 6.45) is 4.98. The Morgan fingerprint density at radius 1 is 1.31 bits per heavy atom. The number of hydrogen-bond donors (Lipinski definition) is 1. The van der Waals surface area contributed by atoms with Gasteiger partial charge in [0.2, 0.25) is 5.91 Å². The van der Waals surface area contributed by atoms with Gasteiger partial charge in [-0.15, -0.1) is 0 Å². The number of likely N-dealkylation sites (tertiary alicyclic amines) is 1. The van der Waals surface area contributed by atoms with Gasteiger partial charge in [-0.3, -0.25) is 4.79 Å². The van der Waals surface area contributed by atoms with E-state index in [1.54, 1.807) is 0 Å². The second-order valence-corrected chi connectivity index (χ2v) is 6.09. The van der Waals surface area contributed by atoms with E-state index in [0.29, 0.717) is 17.7 Å². The molecule has 3 unspecified atom stereocenters. The molecule has 3 atom stereocenters. The van der Waals surface area contributed by atoms with Crippen LogP contribution in [0.4, 0.5) is 0 Å². The van der Waals surface area contributed by atoms with Crippen molar-refractivity contribution in [3.63, 3.8) is 0 Å². The Balaban J connectivity index is 1.40. The fourth-order valence-corrected chi connectivity index (χ4v) is 3.51. The van der Waals surface area contributed by atoms with E-state index in [2.05, 4.69) is 17.3 Å². The quantitative estimate of drug-likeness (QED) is 0.775. The number of rotatable bonds is 3. The van der Waals surface area contributed by atoms with Crippen LogP contribution in [0.2, 0.25) is 0 Å². The normalized spacial score (nSPS) is 42.1. The van der Waals surface area contributed by atoms with E-state index in [1.165, 1.54) is 32.2 Å². The minimum atomic E-state index is 0.335. The average molecular weight is 222 g/mol. The highest BCUT2D eigenvalue weighted by atomic mass is 16.1. The molecular formula is C13H22N2O. The SMILES string of the molecule is CN1CCC(CNC(=O)C2CC3CC3C2)C1. The third kappa shape index (κ3) is 2.10. The molecule has 16 heavy (non-hydrogen) atoms. The molecule has 3 rings (SSSR count). The van der Waals surface area contributed by atoms with Crippen LogP contribution in [0.5, 0.6) is 0 Å². The Kier molecular flexibility index (Phi) is 2.66. The van der Waals surface area contributed by atoms with Crippen molar-refractivity contribution in [3.05, 3.63) is 0 Å². The molecule has 1 N–H and O–H groups in total. The zero-order valence-corrected chi connectivity index (χ0v) is 10.1. The van der Waals surface area contributed by atoms with E-state index in [4.69, 9.17) is 0 Å². The van der Waals surface area contributed by atoms with Gasteiger partial charge in [0, 0.05) is 19.0 Å². The summed E-state index contributed by atoms with van der Waals surface area (Å²) >= 11 is 0. The van der Waals surface area contributed by atoms with E-state index in [0.717, 1.165) is 24.9 Å². The molecule has 1 amide bonds. The molecule has 3 aliphatic rings. The summed E-state index contributed by atoms with van der Waals surface area (Å²) < 4.78 is 0. The number of carbonyl (C=O) groups is 1. The van der Waals surface area contributed by atoms with Crippen molar-refractivity contribution in [2.45, 2.75) is 25.7 Å². The van der Waals surface area contributed by atoms with Gasteiger partial charge in [-0.25, -0.2) is 0 Å². The minimum absolute atomic E-state index is 0.335. The van der Waals surface area contributed by atoms with Crippen molar-refractivity contribution in [2.75, 3.05) is 26.7 Å². The number of fused-ring (bicyclic) bond motifs is 1. The third-order valence-electron chi connectivity index (χ3n) is 4.67. The lowest BCUT2D eigenvalue weighted by Gasteiger charge is -2.15. The molecule has 0 bridgehead atoms. The number of nitrogens with one attached hydrogen (secondary N) is 1. The van der Waals surface area contributed by atoms with E-state index < -0.39 is 0 Å². The Bertz CT molecular complexity index is 282. The number of nitrogens with zero attached hydrogens (tertiary/aromatic N) is 1. The Hall–Kier alpha value is -0.570. The molecule has 3 heteroatoms. The average Bonchev–Trinajstić information content (AvgIpc) is 2.71. The number of amides is 1. The first kappa shape index (κ1) is 10.6. The lowest BCUT2D eigenvalue weighted by Crippen LogP contribution is -2.34. The number of carbonyl (C=O) groups excluding carboxylic acids is 1. The molecule has 0 aromatic heterocycles. The van der Waals surface area contributed by atoms with Gasteiger partial charge >= 0.3 is 0 Å².